The standard InChI is InChI=1S/C12H14FN3O2/c1-7-2-3-8(13)9(6-7)15-11(17)12(4-5-12)10(14)16-18/h2-3,6,18H,4-5H2,1H3,(H2,14,16)(H,15,17). The van der Waals surface area contributed by atoms with Crippen LogP contribution in [0.1, 0.15) is 18.4 Å². The van der Waals surface area contributed by atoms with Crippen LogP contribution in [0, 0.1) is 18.2 Å². The van der Waals surface area contributed by atoms with Crippen LogP contribution in [0.5, 0.6) is 0 Å². The summed E-state index contributed by atoms with van der Waals surface area (Å²) >= 11 is 0. The molecule has 1 amide bonds. The molecule has 0 atom stereocenters. The normalized spacial score (nSPS) is 17.3. The van der Waals surface area contributed by atoms with E-state index in [1.165, 1.54) is 12.1 Å². The second-order valence-corrected chi connectivity index (χ2v) is 4.50. The van der Waals surface area contributed by atoms with Crippen LogP contribution in [0.15, 0.2) is 23.4 Å². The molecule has 96 valence electrons. The first-order chi connectivity index (χ1) is 8.49. The van der Waals surface area contributed by atoms with Gasteiger partial charge in [0, 0.05) is 0 Å². The molecule has 1 aliphatic carbocycles. The Balaban J connectivity index is 2.20. The summed E-state index contributed by atoms with van der Waals surface area (Å²) in [5.74, 6) is -1.08. The van der Waals surface area contributed by atoms with Gasteiger partial charge < -0.3 is 16.3 Å². The van der Waals surface area contributed by atoms with Gasteiger partial charge in [-0.1, -0.05) is 11.2 Å². The first-order valence-corrected chi connectivity index (χ1v) is 5.55. The van der Waals surface area contributed by atoms with E-state index in [-0.39, 0.29) is 11.5 Å². The second kappa shape index (κ2) is 4.29. The quantitative estimate of drug-likeness (QED) is 0.330. The lowest BCUT2D eigenvalue weighted by atomic mass is 10.0. The number of nitrogens with one attached hydrogen (secondary N) is 1. The van der Waals surface area contributed by atoms with Gasteiger partial charge in [0.2, 0.25) is 5.91 Å². The zero-order chi connectivity index (χ0) is 13.3. The summed E-state index contributed by atoms with van der Waals surface area (Å²) in [5.41, 5.74) is 5.44. The Morgan fingerprint density at radius 1 is 1.56 bits per heavy atom. The number of amides is 1. The molecule has 1 saturated carbocycles. The number of nitrogens with two attached hydrogens (primary N) is 1. The first kappa shape index (κ1) is 12.3. The maximum atomic E-state index is 13.5. The van der Waals surface area contributed by atoms with Gasteiger partial charge >= 0.3 is 0 Å². The SMILES string of the molecule is Cc1ccc(F)c(NC(=O)C2(/C(N)=N/O)CC2)c1. The van der Waals surface area contributed by atoms with Crippen LogP contribution in [-0.4, -0.2) is 17.0 Å². The maximum absolute atomic E-state index is 13.5. The Labute approximate surface area is 103 Å². The van der Waals surface area contributed by atoms with Gasteiger partial charge in [-0.15, -0.1) is 0 Å². The highest BCUT2D eigenvalue weighted by Gasteiger charge is 2.54. The summed E-state index contributed by atoms with van der Waals surface area (Å²) in [7, 11) is 0. The zero-order valence-corrected chi connectivity index (χ0v) is 9.90. The number of carbonyl (C=O) groups is 1. The number of amidine groups is 1. The van der Waals surface area contributed by atoms with E-state index < -0.39 is 17.1 Å². The van der Waals surface area contributed by atoms with Crippen molar-refractivity contribution in [3.63, 3.8) is 0 Å². The van der Waals surface area contributed by atoms with Crippen molar-refractivity contribution in [1.82, 2.24) is 0 Å². The molecule has 18 heavy (non-hydrogen) atoms. The Morgan fingerprint density at radius 3 is 2.78 bits per heavy atom. The van der Waals surface area contributed by atoms with Gasteiger partial charge in [0.25, 0.3) is 0 Å². The van der Waals surface area contributed by atoms with Gasteiger partial charge in [0.15, 0.2) is 5.84 Å². The molecule has 1 fully saturated rings. The lowest BCUT2D eigenvalue weighted by Crippen LogP contribution is -2.36. The van der Waals surface area contributed by atoms with Crippen molar-refractivity contribution < 1.29 is 14.4 Å². The van der Waals surface area contributed by atoms with Crippen LogP contribution < -0.4 is 11.1 Å². The largest absolute Gasteiger partial charge is 0.409 e. The van der Waals surface area contributed by atoms with Crippen molar-refractivity contribution in [2.75, 3.05) is 5.32 Å². The van der Waals surface area contributed by atoms with Crippen LogP contribution in [0.4, 0.5) is 10.1 Å². The number of aryl methyl sites for hydroxylation is 1. The van der Waals surface area contributed by atoms with Gasteiger partial charge in [-0.2, -0.15) is 0 Å². The number of nitrogens with zero attached hydrogens (tertiary/aromatic N) is 1. The summed E-state index contributed by atoms with van der Waals surface area (Å²) in [6, 6.07) is 4.44. The van der Waals surface area contributed by atoms with Crippen LogP contribution in [0.3, 0.4) is 0 Å². The van der Waals surface area contributed by atoms with Crippen LogP contribution >= 0.6 is 0 Å². The smallest absolute Gasteiger partial charge is 0.238 e. The molecule has 1 aliphatic rings. The molecule has 0 radical (unpaired) electrons. The van der Waals surface area contributed by atoms with Crippen molar-refractivity contribution in [2.45, 2.75) is 19.8 Å². The fourth-order valence-electron chi connectivity index (χ4n) is 1.80. The Morgan fingerprint density at radius 2 is 2.22 bits per heavy atom. The summed E-state index contributed by atoms with van der Waals surface area (Å²) in [6.45, 7) is 1.80. The van der Waals surface area contributed by atoms with Crippen LogP contribution in [0.2, 0.25) is 0 Å². The molecule has 4 N–H and O–H groups in total. The zero-order valence-electron chi connectivity index (χ0n) is 9.90. The first-order valence-electron chi connectivity index (χ1n) is 5.55. The van der Waals surface area contributed by atoms with Crippen LogP contribution in [-0.2, 0) is 4.79 Å². The van der Waals surface area contributed by atoms with Gasteiger partial charge in [-0.25, -0.2) is 4.39 Å². The fourth-order valence-corrected chi connectivity index (χ4v) is 1.80. The molecule has 0 aliphatic heterocycles. The number of oxime groups is 1. The van der Waals surface area contributed by atoms with Crippen molar-refractivity contribution in [2.24, 2.45) is 16.3 Å². The molecule has 0 heterocycles. The van der Waals surface area contributed by atoms with Gasteiger partial charge in [-0.3, -0.25) is 4.79 Å². The third-order valence-electron chi connectivity index (χ3n) is 3.15. The molecule has 0 aromatic heterocycles. The average molecular weight is 251 g/mol. The van der Waals surface area contributed by atoms with Crippen molar-refractivity contribution >= 4 is 17.4 Å². The predicted molar refractivity (Wildman–Crippen MR) is 64.8 cm³/mol. The van der Waals surface area contributed by atoms with E-state index in [2.05, 4.69) is 10.5 Å². The number of hydrogen-bond acceptors (Lipinski definition) is 3. The third-order valence-corrected chi connectivity index (χ3v) is 3.15. The maximum Gasteiger partial charge on any atom is 0.238 e. The number of halogens is 1. The highest BCUT2D eigenvalue weighted by molar-refractivity contribution is 6.14. The molecule has 0 unspecified atom stereocenters. The van der Waals surface area contributed by atoms with Crippen molar-refractivity contribution in [3.05, 3.63) is 29.6 Å². The van der Waals surface area contributed by atoms with E-state index in [9.17, 15) is 9.18 Å². The number of benzene rings is 1. The molecule has 0 saturated heterocycles. The van der Waals surface area contributed by atoms with Gasteiger partial charge in [-0.05, 0) is 37.5 Å². The van der Waals surface area contributed by atoms with E-state index in [0.717, 1.165) is 5.56 Å². The number of hydrogen-bond donors (Lipinski definition) is 3. The minimum Gasteiger partial charge on any atom is -0.409 e. The highest BCUT2D eigenvalue weighted by Crippen LogP contribution is 2.46. The summed E-state index contributed by atoms with van der Waals surface area (Å²) in [5, 5.41) is 14.0. The minimum absolute atomic E-state index is 0.108. The van der Waals surface area contributed by atoms with Gasteiger partial charge in [0.1, 0.15) is 11.2 Å². The Hall–Kier alpha value is -2.11. The van der Waals surface area contributed by atoms with E-state index in [0.29, 0.717) is 12.8 Å². The summed E-state index contributed by atoms with van der Waals surface area (Å²) in [6.07, 6.45) is 1.00. The van der Waals surface area contributed by atoms with E-state index in [4.69, 9.17) is 10.9 Å². The molecule has 6 heteroatoms. The molecule has 2 rings (SSSR count). The summed E-state index contributed by atoms with van der Waals surface area (Å²) < 4.78 is 13.5. The number of carbonyl (C=O) groups excluding carboxylic acids is 1. The lowest BCUT2D eigenvalue weighted by Gasteiger charge is -2.14. The van der Waals surface area contributed by atoms with E-state index >= 15 is 0 Å². The lowest BCUT2D eigenvalue weighted by molar-refractivity contribution is -0.119. The molecular weight excluding hydrogens is 237 g/mol. The Kier molecular flexibility index (Phi) is 2.94. The minimum atomic E-state index is -0.981. The molecular formula is C12H14FN3O2. The van der Waals surface area contributed by atoms with E-state index in [1.54, 1.807) is 13.0 Å². The topological polar surface area (TPSA) is 87.7 Å². The number of rotatable bonds is 3. The molecule has 0 bridgehead atoms. The predicted octanol–water partition coefficient (Wildman–Crippen LogP) is 1.60. The number of anilines is 1. The highest BCUT2D eigenvalue weighted by atomic mass is 19.1. The third kappa shape index (κ3) is 2.01. The van der Waals surface area contributed by atoms with Crippen molar-refractivity contribution in [3.8, 4) is 0 Å². The van der Waals surface area contributed by atoms with Gasteiger partial charge in [0.05, 0.1) is 5.69 Å². The molecule has 0 spiro atoms. The fraction of sp³-hybridized carbons (Fsp3) is 0.333. The monoisotopic (exact) mass is 251 g/mol. The van der Waals surface area contributed by atoms with Crippen molar-refractivity contribution in [1.29, 1.82) is 0 Å². The average Bonchev–Trinajstić information content (AvgIpc) is 3.14. The molecule has 1 aromatic carbocycles. The second-order valence-electron chi connectivity index (χ2n) is 4.50. The Bertz CT molecular complexity index is 524. The van der Waals surface area contributed by atoms with E-state index in [1.807, 2.05) is 0 Å². The molecule has 5 nitrogen and oxygen atoms in total. The summed E-state index contributed by atoms with van der Waals surface area (Å²) in [4.78, 5) is 12.0. The van der Waals surface area contributed by atoms with Crippen LogP contribution in [0.25, 0.3) is 0 Å². The molecule has 1 aromatic rings.